The molecule has 0 heterocycles. The molecule has 1 amide bonds. The molecule has 5 nitrogen and oxygen atoms in total. The molecule has 0 aliphatic carbocycles. The first-order valence-electron chi connectivity index (χ1n) is 7.36. The van der Waals surface area contributed by atoms with Crippen molar-refractivity contribution >= 4 is 48.1 Å². The topological polar surface area (TPSA) is 83.5 Å². The van der Waals surface area contributed by atoms with Crippen LogP contribution in [-0.4, -0.2) is 25.2 Å². The number of fused-ring (bicyclic) bond motifs is 1. The van der Waals surface area contributed by atoms with Gasteiger partial charge in [0.25, 0.3) is 0 Å². The lowest BCUT2D eigenvalue weighted by molar-refractivity contribution is -0.113. The average Bonchev–Trinajstić information content (AvgIpc) is 2.57. The number of nitrogens with one attached hydrogen (secondary N) is 1. The molecule has 128 valence electrons. The van der Waals surface area contributed by atoms with Crippen molar-refractivity contribution in [3.63, 3.8) is 0 Å². The maximum absolute atomic E-state index is 12.7. The molecule has 3 rings (SSSR count). The summed E-state index contributed by atoms with van der Waals surface area (Å²) < 4.78 is 26.2. The number of carbonyl (C=O) groups excluding carboxylic acids is 1. The lowest BCUT2D eigenvalue weighted by Crippen LogP contribution is -2.23. The van der Waals surface area contributed by atoms with E-state index >= 15 is 0 Å². The summed E-state index contributed by atoms with van der Waals surface area (Å²) in [5.41, 5.74) is 0.170. The Bertz CT molecular complexity index is 1060. The van der Waals surface area contributed by atoms with Crippen molar-refractivity contribution in [2.75, 3.05) is 11.1 Å². The quantitative estimate of drug-likeness (QED) is 0.631. The first-order valence-corrected chi connectivity index (χ1v) is 9.81. The Morgan fingerprint density at radius 1 is 0.960 bits per heavy atom. The Morgan fingerprint density at radius 3 is 2.32 bits per heavy atom. The van der Waals surface area contributed by atoms with Crippen LogP contribution >= 0.6 is 15.9 Å². The largest absolute Gasteiger partial charge is 0.506 e. The van der Waals surface area contributed by atoms with Crippen molar-refractivity contribution in [3.05, 3.63) is 65.1 Å². The van der Waals surface area contributed by atoms with Gasteiger partial charge in [-0.15, -0.1) is 0 Å². The van der Waals surface area contributed by atoms with Crippen LogP contribution in [0.15, 0.2) is 70.0 Å². The molecule has 0 bridgehead atoms. The van der Waals surface area contributed by atoms with E-state index < -0.39 is 21.5 Å². The molecule has 0 aliphatic rings. The Labute approximate surface area is 153 Å². The standard InChI is InChI=1S/C18H14BrNO4S/c19-14-9-10-17(13-6-2-1-5-12(13)14)25(23,24)11-18(22)20-15-7-3-4-8-16(15)21/h1-10,21H,11H2,(H,20,22). The van der Waals surface area contributed by atoms with Crippen LogP contribution in [0.5, 0.6) is 5.75 Å². The number of carbonyl (C=O) groups is 1. The molecule has 3 aromatic rings. The maximum atomic E-state index is 12.7. The van der Waals surface area contributed by atoms with E-state index in [0.717, 1.165) is 9.86 Å². The SMILES string of the molecule is O=C(CS(=O)(=O)c1ccc(Br)c2ccccc12)Nc1ccccc1O. The lowest BCUT2D eigenvalue weighted by atomic mass is 10.1. The van der Waals surface area contributed by atoms with E-state index in [0.29, 0.717) is 5.39 Å². The highest BCUT2D eigenvalue weighted by Gasteiger charge is 2.22. The van der Waals surface area contributed by atoms with Crippen molar-refractivity contribution in [2.24, 2.45) is 0 Å². The maximum Gasteiger partial charge on any atom is 0.240 e. The minimum absolute atomic E-state index is 0.0960. The third-order valence-electron chi connectivity index (χ3n) is 3.67. The van der Waals surface area contributed by atoms with Gasteiger partial charge in [0.1, 0.15) is 11.5 Å². The van der Waals surface area contributed by atoms with E-state index in [9.17, 15) is 18.3 Å². The van der Waals surface area contributed by atoms with Crippen LogP contribution in [0.3, 0.4) is 0 Å². The van der Waals surface area contributed by atoms with E-state index in [2.05, 4.69) is 21.2 Å². The summed E-state index contributed by atoms with van der Waals surface area (Å²) in [7, 11) is -3.85. The van der Waals surface area contributed by atoms with E-state index in [1.54, 1.807) is 36.4 Å². The van der Waals surface area contributed by atoms with Crippen LogP contribution < -0.4 is 5.32 Å². The lowest BCUT2D eigenvalue weighted by Gasteiger charge is -2.10. The average molecular weight is 420 g/mol. The second-order valence-electron chi connectivity index (χ2n) is 5.42. The van der Waals surface area contributed by atoms with E-state index in [1.165, 1.54) is 18.2 Å². The number of sulfone groups is 1. The Balaban J connectivity index is 1.91. The minimum Gasteiger partial charge on any atom is -0.506 e. The van der Waals surface area contributed by atoms with Gasteiger partial charge in [-0.25, -0.2) is 8.42 Å². The number of aromatic hydroxyl groups is 1. The zero-order valence-corrected chi connectivity index (χ0v) is 15.3. The molecule has 0 radical (unpaired) electrons. The fourth-order valence-electron chi connectivity index (χ4n) is 2.52. The zero-order chi connectivity index (χ0) is 18.0. The molecule has 0 atom stereocenters. The molecule has 3 aromatic carbocycles. The normalized spacial score (nSPS) is 11.4. The van der Waals surface area contributed by atoms with Gasteiger partial charge in [-0.3, -0.25) is 4.79 Å². The van der Waals surface area contributed by atoms with Crippen LogP contribution in [0.2, 0.25) is 0 Å². The summed E-state index contributed by atoms with van der Waals surface area (Å²) in [6.45, 7) is 0. The summed E-state index contributed by atoms with van der Waals surface area (Å²) in [6.07, 6.45) is 0. The highest BCUT2D eigenvalue weighted by molar-refractivity contribution is 9.10. The van der Waals surface area contributed by atoms with Gasteiger partial charge in [-0.1, -0.05) is 52.3 Å². The molecule has 0 saturated heterocycles. The van der Waals surface area contributed by atoms with Crippen LogP contribution in [0, 0.1) is 0 Å². The van der Waals surface area contributed by atoms with Gasteiger partial charge >= 0.3 is 0 Å². The number of hydrogen-bond acceptors (Lipinski definition) is 4. The van der Waals surface area contributed by atoms with Gasteiger partial charge in [0.15, 0.2) is 9.84 Å². The summed E-state index contributed by atoms with van der Waals surface area (Å²) in [4.78, 5) is 12.2. The van der Waals surface area contributed by atoms with Crippen molar-refractivity contribution in [3.8, 4) is 5.75 Å². The zero-order valence-electron chi connectivity index (χ0n) is 12.9. The third-order valence-corrected chi connectivity index (χ3v) is 6.03. The molecule has 2 N–H and O–H groups in total. The van der Waals surface area contributed by atoms with Gasteiger partial charge in [-0.2, -0.15) is 0 Å². The van der Waals surface area contributed by atoms with E-state index in [4.69, 9.17) is 0 Å². The fraction of sp³-hybridized carbons (Fsp3) is 0.0556. The number of anilines is 1. The van der Waals surface area contributed by atoms with Crippen LogP contribution in [0.4, 0.5) is 5.69 Å². The number of benzene rings is 3. The minimum atomic E-state index is -3.85. The van der Waals surface area contributed by atoms with Crippen molar-refractivity contribution < 1.29 is 18.3 Å². The third kappa shape index (κ3) is 3.67. The van der Waals surface area contributed by atoms with Crippen molar-refractivity contribution in [1.82, 2.24) is 0 Å². The van der Waals surface area contributed by atoms with Crippen LogP contribution in [0.25, 0.3) is 10.8 Å². The highest BCUT2D eigenvalue weighted by Crippen LogP contribution is 2.30. The second-order valence-corrected chi connectivity index (χ2v) is 8.23. The van der Waals surface area contributed by atoms with Gasteiger partial charge in [0.2, 0.25) is 5.91 Å². The monoisotopic (exact) mass is 419 g/mol. The Hall–Kier alpha value is -2.38. The molecule has 0 aromatic heterocycles. The molecular formula is C18H14BrNO4S. The molecule has 0 saturated carbocycles. The highest BCUT2D eigenvalue weighted by atomic mass is 79.9. The molecule has 25 heavy (non-hydrogen) atoms. The number of hydrogen-bond donors (Lipinski definition) is 2. The van der Waals surface area contributed by atoms with Crippen molar-refractivity contribution in [1.29, 1.82) is 0 Å². The molecule has 0 spiro atoms. The smallest absolute Gasteiger partial charge is 0.240 e. The van der Waals surface area contributed by atoms with Crippen LogP contribution in [0.1, 0.15) is 0 Å². The predicted molar refractivity (Wildman–Crippen MR) is 100 cm³/mol. The predicted octanol–water partition coefficient (Wildman–Crippen LogP) is 3.72. The summed E-state index contributed by atoms with van der Waals surface area (Å²) in [6, 6.07) is 16.3. The Morgan fingerprint density at radius 2 is 1.60 bits per heavy atom. The number of amides is 1. The summed E-state index contributed by atoms with van der Waals surface area (Å²) in [5.74, 6) is -1.55. The molecular weight excluding hydrogens is 406 g/mol. The van der Waals surface area contributed by atoms with E-state index in [-0.39, 0.29) is 16.3 Å². The number of phenolic OH excluding ortho intramolecular Hbond substituents is 1. The number of para-hydroxylation sites is 2. The second kappa shape index (κ2) is 6.85. The number of halogens is 1. The van der Waals surface area contributed by atoms with E-state index in [1.807, 2.05) is 6.07 Å². The van der Waals surface area contributed by atoms with Gasteiger partial charge in [0, 0.05) is 9.86 Å². The van der Waals surface area contributed by atoms with Gasteiger partial charge < -0.3 is 10.4 Å². The van der Waals surface area contributed by atoms with Crippen molar-refractivity contribution in [2.45, 2.75) is 4.90 Å². The Kier molecular flexibility index (Phi) is 4.78. The van der Waals surface area contributed by atoms with Gasteiger partial charge in [0.05, 0.1) is 10.6 Å². The number of phenols is 1. The molecule has 0 fully saturated rings. The molecule has 0 aliphatic heterocycles. The summed E-state index contributed by atoms with van der Waals surface area (Å²) >= 11 is 3.40. The first kappa shape index (κ1) is 17.4. The number of rotatable bonds is 4. The van der Waals surface area contributed by atoms with Gasteiger partial charge in [-0.05, 0) is 29.7 Å². The molecule has 7 heteroatoms. The molecule has 0 unspecified atom stereocenters. The summed E-state index contributed by atoms with van der Waals surface area (Å²) in [5, 5.41) is 13.4. The fourth-order valence-corrected chi connectivity index (χ4v) is 4.36. The first-order chi connectivity index (χ1) is 11.9. The van der Waals surface area contributed by atoms with Crippen LogP contribution in [-0.2, 0) is 14.6 Å².